The molecule has 1 aromatic carbocycles. The van der Waals surface area contributed by atoms with Gasteiger partial charge in [-0.3, -0.25) is 0 Å². The van der Waals surface area contributed by atoms with E-state index < -0.39 is 6.10 Å². The van der Waals surface area contributed by atoms with Crippen molar-refractivity contribution in [3.8, 4) is 5.75 Å². The van der Waals surface area contributed by atoms with E-state index in [9.17, 15) is 15.0 Å². The number of nitrogens with one attached hydrogen (secondary N) is 1. The van der Waals surface area contributed by atoms with Crippen LogP contribution in [0.3, 0.4) is 0 Å². The predicted molar refractivity (Wildman–Crippen MR) is 100.0 cm³/mol. The van der Waals surface area contributed by atoms with Crippen LogP contribution in [0.4, 0.5) is 0 Å². The number of rotatable bonds is 1. The minimum atomic E-state index is -0.424. The van der Waals surface area contributed by atoms with E-state index in [-0.39, 0.29) is 35.5 Å². The summed E-state index contributed by atoms with van der Waals surface area (Å²) in [5, 5.41) is 21.6. The number of aromatic nitrogens is 1. The van der Waals surface area contributed by atoms with Crippen LogP contribution in [0.2, 0.25) is 0 Å². The van der Waals surface area contributed by atoms with Crippen molar-refractivity contribution in [2.45, 2.75) is 31.9 Å². The maximum absolute atomic E-state index is 12.4. The number of H-pyrrole nitrogens is 1. The zero-order valence-electron chi connectivity index (χ0n) is 15.5. The molecular weight excluding hydrogens is 344 g/mol. The van der Waals surface area contributed by atoms with E-state index in [4.69, 9.17) is 4.74 Å². The number of aromatic hydroxyl groups is 1. The summed E-state index contributed by atoms with van der Waals surface area (Å²) in [6.45, 7) is 2.88. The molecule has 1 fully saturated rings. The van der Waals surface area contributed by atoms with Crippen molar-refractivity contribution in [2.24, 2.45) is 17.8 Å². The van der Waals surface area contributed by atoms with Gasteiger partial charge in [0.15, 0.2) is 0 Å². The zero-order chi connectivity index (χ0) is 18.9. The second-order valence-corrected chi connectivity index (χ2v) is 8.10. The number of aliphatic hydroxyl groups excluding tert-OH is 1. The van der Waals surface area contributed by atoms with Crippen LogP contribution in [0.5, 0.6) is 5.75 Å². The largest absolute Gasteiger partial charge is 0.508 e. The summed E-state index contributed by atoms with van der Waals surface area (Å²) >= 11 is 0. The zero-order valence-corrected chi connectivity index (χ0v) is 15.5. The molecule has 5 rings (SSSR count). The minimum Gasteiger partial charge on any atom is -0.508 e. The van der Waals surface area contributed by atoms with E-state index in [1.165, 1.54) is 12.7 Å². The third-order valence-corrected chi connectivity index (χ3v) is 6.86. The molecule has 1 saturated carbocycles. The lowest BCUT2D eigenvalue weighted by atomic mass is 9.74. The van der Waals surface area contributed by atoms with Crippen molar-refractivity contribution >= 4 is 16.9 Å². The van der Waals surface area contributed by atoms with Crippen LogP contribution in [0, 0.1) is 17.8 Å². The summed E-state index contributed by atoms with van der Waals surface area (Å²) in [4.78, 5) is 18.2. The number of aromatic amines is 1. The molecular formula is C21H24N2O4. The third kappa shape index (κ3) is 2.26. The molecule has 6 nitrogen and oxygen atoms in total. The second kappa shape index (κ2) is 5.76. The molecule has 0 unspecified atom stereocenters. The first kappa shape index (κ1) is 16.7. The first-order valence-corrected chi connectivity index (χ1v) is 9.57. The first-order valence-electron chi connectivity index (χ1n) is 9.57. The van der Waals surface area contributed by atoms with Crippen LogP contribution in [-0.4, -0.2) is 45.8 Å². The molecule has 0 amide bonds. The minimum absolute atomic E-state index is 0.00512. The van der Waals surface area contributed by atoms with Crippen molar-refractivity contribution in [2.75, 3.05) is 13.7 Å². The Balaban J connectivity index is 1.68. The topological polar surface area (TPSA) is 85.8 Å². The summed E-state index contributed by atoms with van der Waals surface area (Å²) < 4.78 is 5.03. The van der Waals surface area contributed by atoms with Crippen LogP contribution < -0.4 is 0 Å². The molecule has 0 saturated heterocycles. The van der Waals surface area contributed by atoms with Gasteiger partial charge in [0.25, 0.3) is 0 Å². The summed E-state index contributed by atoms with van der Waals surface area (Å²) in [5.74, 6) is 0.193. The molecule has 0 spiro atoms. The number of aliphatic hydroxyl groups is 1. The molecule has 6 heteroatoms. The molecule has 142 valence electrons. The molecule has 1 aliphatic carbocycles. The van der Waals surface area contributed by atoms with Gasteiger partial charge in [0.1, 0.15) is 5.75 Å². The fourth-order valence-corrected chi connectivity index (χ4v) is 5.58. The van der Waals surface area contributed by atoms with E-state index in [0.717, 1.165) is 29.6 Å². The van der Waals surface area contributed by atoms with Gasteiger partial charge in [-0.25, -0.2) is 4.79 Å². The lowest BCUT2D eigenvalue weighted by Crippen LogP contribution is -2.44. The number of carbonyl (C=O) groups excluding carboxylic acids is 1. The monoisotopic (exact) mass is 368 g/mol. The highest BCUT2D eigenvalue weighted by Crippen LogP contribution is 2.54. The van der Waals surface area contributed by atoms with Crippen LogP contribution in [-0.2, 0) is 16.0 Å². The van der Waals surface area contributed by atoms with E-state index in [0.29, 0.717) is 12.0 Å². The Morgan fingerprint density at radius 1 is 1.37 bits per heavy atom. The van der Waals surface area contributed by atoms with Gasteiger partial charge in [-0.2, -0.15) is 0 Å². The standard InChI is InChI=1S/C21H24N2O4/c1-10-17(25)8-14-15(21(26)27-2)9-23-6-5-12-13-7-11(24)3-4-16(13)22-19(12)20(23)18(10)14/h3-4,7,9-10,14,17-18,20,22,24-25H,5-6,8H2,1-2H3/t10-,14+,17-,18+,20-/m0/s1. The fourth-order valence-electron chi connectivity index (χ4n) is 5.58. The lowest BCUT2D eigenvalue weighted by molar-refractivity contribution is -0.137. The van der Waals surface area contributed by atoms with E-state index >= 15 is 0 Å². The van der Waals surface area contributed by atoms with Gasteiger partial charge < -0.3 is 24.8 Å². The average molecular weight is 368 g/mol. The number of benzene rings is 1. The van der Waals surface area contributed by atoms with Gasteiger partial charge in [-0.05, 0) is 48.4 Å². The van der Waals surface area contributed by atoms with Gasteiger partial charge in [-0.15, -0.1) is 0 Å². The maximum atomic E-state index is 12.4. The van der Waals surface area contributed by atoms with Gasteiger partial charge in [0.05, 0.1) is 24.8 Å². The van der Waals surface area contributed by atoms with Gasteiger partial charge in [0.2, 0.25) is 0 Å². The number of phenols is 1. The number of ether oxygens (including phenoxy) is 1. The van der Waals surface area contributed by atoms with Crippen LogP contribution in [0.15, 0.2) is 30.0 Å². The normalized spacial score (nSPS) is 31.9. The second-order valence-electron chi connectivity index (χ2n) is 8.10. The Labute approximate surface area is 157 Å². The average Bonchev–Trinajstić information content (AvgIpc) is 3.17. The fraction of sp³-hybridized carbons (Fsp3) is 0.476. The Hall–Kier alpha value is -2.47. The number of fused-ring (bicyclic) bond motifs is 7. The molecule has 5 atom stereocenters. The predicted octanol–water partition coefficient (Wildman–Crippen LogP) is 2.48. The van der Waals surface area contributed by atoms with Crippen LogP contribution >= 0.6 is 0 Å². The first-order chi connectivity index (χ1) is 13.0. The number of esters is 1. The van der Waals surface area contributed by atoms with Gasteiger partial charge >= 0.3 is 5.97 Å². The quantitative estimate of drug-likeness (QED) is 0.674. The summed E-state index contributed by atoms with van der Waals surface area (Å²) in [6.07, 6.45) is 2.96. The highest BCUT2D eigenvalue weighted by molar-refractivity contribution is 5.90. The number of carbonyl (C=O) groups is 1. The Kier molecular flexibility index (Phi) is 3.56. The van der Waals surface area contributed by atoms with E-state index in [2.05, 4.69) is 16.8 Å². The Morgan fingerprint density at radius 3 is 2.96 bits per heavy atom. The molecule has 27 heavy (non-hydrogen) atoms. The highest BCUT2D eigenvalue weighted by atomic mass is 16.5. The molecule has 1 aromatic heterocycles. The Bertz CT molecular complexity index is 962. The van der Waals surface area contributed by atoms with Crippen LogP contribution in [0.1, 0.15) is 30.6 Å². The summed E-state index contributed by atoms with van der Waals surface area (Å²) in [6, 6.07) is 5.52. The SMILES string of the molecule is COC(=O)C1=CN2CCc3c([nH]c4ccc(O)cc34)[C@@H]2[C@@H]2[C@@H](C)[C@@H](O)C[C@H]12. The third-order valence-electron chi connectivity index (χ3n) is 6.86. The number of phenolic OH excluding ortho intramolecular Hbond substituents is 1. The number of nitrogens with zero attached hydrogens (tertiary/aromatic N) is 1. The maximum Gasteiger partial charge on any atom is 0.335 e. The number of methoxy groups -OCH3 is 1. The van der Waals surface area contributed by atoms with Crippen molar-refractivity contribution in [3.05, 3.63) is 41.2 Å². The number of hydrogen-bond acceptors (Lipinski definition) is 5. The molecule has 2 aliphatic heterocycles. The molecule has 3 heterocycles. The van der Waals surface area contributed by atoms with Crippen LogP contribution in [0.25, 0.3) is 10.9 Å². The molecule has 3 aliphatic rings. The van der Waals surface area contributed by atoms with Crippen molar-refractivity contribution < 1.29 is 19.7 Å². The molecule has 3 N–H and O–H groups in total. The summed E-state index contributed by atoms with van der Waals surface area (Å²) in [5.41, 5.74) is 4.09. The number of hydrogen-bond donors (Lipinski definition) is 3. The van der Waals surface area contributed by atoms with Gasteiger partial charge in [-0.1, -0.05) is 6.92 Å². The molecule has 0 bridgehead atoms. The Morgan fingerprint density at radius 2 is 2.19 bits per heavy atom. The molecule has 2 aromatic rings. The van der Waals surface area contributed by atoms with Crippen molar-refractivity contribution in [1.29, 1.82) is 0 Å². The summed E-state index contributed by atoms with van der Waals surface area (Å²) in [7, 11) is 1.41. The van der Waals surface area contributed by atoms with Crippen molar-refractivity contribution in [1.82, 2.24) is 9.88 Å². The smallest absolute Gasteiger partial charge is 0.335 e. The van der Waals surface area contributed by atoms with E-state index in [1.807, 2.05) is 18.3 Å². The highest BCUT2D eigenvalue weighted by Gasteiger charge is 2.53. The van der Waals surface area contributed by atoms with Crippen molar-refractivity contribution in [3.63, 3.8) is 0 Å². The van der Waals surface area contributed by atoms with Gasteiger partial charge in [0, 0.05) is 35.3 Å². The lowest BCUT2D eigenvalue weighted by Gasteiger charge is -2.46. The van der Waals surface area contributed by atoms with E-state index in [1.54, 1.807) is 6.07 Å². The molecule has 0 radical (unpaired) electrons.